The van der Waals surface area contributed by atoms with Crippen molar-refractivity contribution < 1.29 is 19.1 Å². The van der Waals surface area contributed by atoms with Crippen molar-refractivity contribution in [2.75, 3.05) is 45.2 Å². The first-order chi connectivity index (χ1) is 16.9. The molecule has 35 heavy (non-hydrogen) atoms. The van der Waals surface area contributed by atoms with Gasteiger partial charge in [0.05, 0.1) is 6.61 Å². The molecule has 2 aromatic rings. The van der Waals surface area contributed by atoms with Gasteiger partial charge in [-0.05, 0) is 42.5 Å². The van der Waals surface area contributed by atoms with Crippen LogP contribution in [0.25, 0.3) is 0 Å². The van der Waals surface area contributed by atoms with Crippen molar-refractivity contribution in [1.82, 2.24) is 14.7 Å². The van der Waals surface area contributed by atoms with Gasteiger partial charge < -0.3 is 15.0 Å². The fraction of sp³-hybridized carbons (Fsp3) is 0.444. The Morgan fingerprint density at radius 3 is 2.29 bits per heavy atom. The van der Waals surface area contributed by atoms with Crippen LogP contribution in [0.4, 0.5) is 10.5 Å². The minimum absolute atomic E-state index is 0.0751. The number of carbonyl (C=O) groups excluding carboxylic acids is 3. The summed E-state index contributed by atoms with van der Waals surface area (Å²) in [7, 11) is 1.61. The summed E-state index contributed by atoms with van der Waals surface area (Å²) in [5.74, 6) is -0.167. The second-order valence-corrected chi connectivity index (χ2v) is 9.31. The van der Waals surface area contributed by atoms with Crippen LogP contribution in [0.3, 0.4) is 0 Å². The molecule has 0 aliphatic carbocycles. The lowest BCUT2D eigenvalue weighted by atomic mass is 9.85. The fourth-order valence-corrected chi connectivity index (χ4v) is 5.08. The van der Waals surface area contributed by atoms with Crippen LogP contribution in [-0.4, -0.2) is 78.0 Å². The van der Waals surface area contributed by atoms with Crippen LogP contribution in [0, 0.1) is 0 Å². The molecule has 0 atom stereocenters. The molecule has 0 bridgehead atoms. The molecule has 8 heteroatoms. The van der Waals surface area contributed by atoms with Gasteiger partial charge in [0.25, 0.3) is 5.91 Å². The number of imide groups is 1. The van der Waals surface area contributed by atoms with Crippen molar-refractivity contribution in [1.29, 1.82) is 0 Å². The Hall–Kier alpha value is -3.23. The Morgan fingerprint density at radius 1 is 0.971 bits per heavy atom. The highest BCUT2D eigenvalue weighted by atomic mass is 16.5. The molecular weight excluding hydrogens is 444 g/mol. The van der Waals surface area contributed by atoms with Crippen molar-refractivity contribution in [2.24, 2.45) is 0 Å². The minimum Gasteiger partial charge on any atom is -0.383 e. The Kier molecular flexibility index (Phi) is 7.83. The third-order valence-electron chi connectivity index (χ3n) is 6.97. The molecule has 1 N–H and O–H groups in total. The standard InChI is InChI=1S/C27H34N4O4/c1-21(32)28-24-10-8-23(9-11-24)20-29-16-13-27(14-17-29)25(33)30(26(34)31(27)18-19-35-2)15-12-22-6-4-3-5-7-22/h3-11H,12-20H2,1-2H3,(H,28,32). The van der Waals surface area contributed by atoms with E-state index >= 15 is 0 Å². The quantitative estimate of drug-likeness (QED) is 0.560. The number of methoxy groups -OCH3 is 1. The first-order valence-electron chi connectivity index (χ1n) is 12.2. The van der Waals surface area contributed by atoms with Gasteiger partial charge in [-0.3, -0.25) is 19.4 Å². The summed E-state index contributed by atoms with van der Waals surface area (Å²) in [6, 6.07) is 17.6. The van der Waals surface area contributed by atoms with E-state index in [0.29, 0.717) is 39.0 Å². The van der Waals surface area contributed by atoms with E-state index in [1.165, 1.54) is 11.8 Å². The summed E-state index contributed by atoms with van der Waals surface area (Å²) in [5, 5.41) is 2.78. The third-order valence-corrected chi connectivity index (χ3v) is 6.97. The maximum atomic E-state index is 13.6. The second-order valence-electron chi connectivity index (χ2n) is 9.31. The Balaban J connectivity index is 1.42. The Morgan fingerprint density at radius 2 is 1.66 bits per heavy atom. The molecule has 8 nitrogen and oxygen atoms in total. The van der Waals surface area contributed by atoms with E-state index in [1.54, 1.807) is 12.0 Å². The number of benzene rings is 2. The number of piperidine rings is 1. The lowest BCUT2D eigenvalue weighted by molar-refractivity contribution is -0.135. The fourth-order valence-electron chi connectivity index (χ4n) is 5.08. The number of hydrogen-bond donors (Lipinski definition) is 1. The zero-order valence-electron chi connectivity index (χ0n) is 20.5. The zero-order chi connectivity index (χ0) is 24.8. The van der Waals surface area contributed by atoms with Gasteiger partial charge in [0, 0.05) is 52.4 Å². The topological polar surface area (TPSA) is 82.2 Å². The van der Waals surface area contributed by atoms with Crippen LogP contribution in [-0.2, 0) is 27.3 Å². The van der Waals surface area contributed by atoms with E-state index in [4.69, 9.17) is 4.74 Å². The molecule has 0 aromatic heterocycles. The van der Waals surface area contributed by atoms with Crippen molar-refractivity contribution in [2.45, 2.75) is 38.3 Å². The molecule has 2 aliphatic rings. The average Bonchev–Trinajstić information content (AvgIpc) is 3.04. The largest absolute Gasteiger partial charge is 0.383 e. The summed E-state index contributed by atoms with van der Waals surface area (Å²) in [6.07, 6.45) is 1.85. The first kappa shape index (κ1) is 24.9. The number of carbonyl (C=O) groups is 3. The Labute approximate surface area is 206 Å². The molecule has 4 amide bonds. The maximum absolute atomic E-state index is 13.6. The van der Waals surface area contributed by atoms with Gasteiger partial charge >= 0.3 is 6.03 Å². The van der Waals surface area contributed by atoms with Crippen molar-refractivity contribution in [3.63, 3.8) is 0 Å². The summed E-state index contributed by atoms with van der Waals surface area (Å²) in [5.41, 5.74) is 2.23. The summed E-state index contributed by atoms with van der Waals surface area (Å²) in [4.78, 5) is 43.7. The van der Waals surface area contributed by atoms with Gasteiger partial charge in [0.2, 0.25) is 5.91 Å². The predicted molar refractivity (Wildman–Crippen MR) is 134 cm³/mol. The number of urea groups is 1. The van der Waals surface area contributed by atoms with E-state index in [0.717, 1.165) is 36.4 Å². The average molecular weight is 479 g/mol. The van der Waals surface area contributed by atoms with E-state index in [-0.39, 0.29) is 17.8 Å². The van der Waals surface area contributed by atoms with Gasteiger partial charge in [-0.25, -0.2) is 4.79 Å². The van der Waals surface area contributed by atoms with Crippen LogP contribution >= 0.6 is 0 Å². The number of hydrogen-bond acceptors (Lipinski definition) is 5. The molecule has 0 saturated carbocycles. The van der Waals surface area contributed by atoms with Gasteiger partial charge in [-0.2, -0.15) is 0 Å². The number of rotatable bonds is 9. The van der Waals surface area contributed by atoms with E-state index < -0.39 is 5.54 Å². The predicted octanol–water partition coefficient (Wildman–Crippen LogP) is 3.13. The second kappa shape index (κ2) is 11.0. The van der Waals surface area contributed by atoms with Gasteiger partial charge in [0.1, 0.15) is 5.54 Å². The zero-order valence-corrected chi connectivity index (χ0v) is 20.5. The van der Waals surface area contributed by atoms with E-state index in [1.807, 2.05) is 54.6 Å². The number of likely N-dealkylation sites (tertiary alicyclic amines) is 1. The van der Waals surface area contributed by atoms with Crippen LogP contribution in [0.2, 0.25) is 0 Å². The van der Waals surface area contributed by atoms with E-state index in [9.17, 15) is 14.4 Å². The minimum atomic E-state index is -0.794. The molecule has 2 aromatic carbocycles. The van der Waals surface area contributed by atoms with Gasteiger partial charge in [0.15, 0.2) is 0 Å². The van der Waals surface area contributed by atoms with Gasteiger partial charge in [-0.1, -0.05) is 42.5 Å². The first-order valence-corrected chi connectivity index (χ1v) is 12.2. The normalized spacial score (nSPS) is 17.9. The molecule has 1 spiro atoms. The monoisotopic (exact) mass is 478 g/mol. The van der Waals surface area contributed by atoms with Crippen LogP contribution < -0.4 is 5.32 Å². The highest BCUT2D eigenvalue weighted by molar-refractivity contribution is 6.07. The van der Waals surface area contributed by atoms with Crippen LogP contribution in [0.1, 0.15) is 30.9 Å². The number of anilines is 1. The molecule has 2 saturated heterocycles. The van der Waals surface area contributed by atoms with Crippen molar-refractivity contribution >= 4 is 23.5 Å². The molecule has 2 fully saturated rings. The molecule has 2 heterocycles. The Bertz CT molecular complexity index is 1030. The lowest BCUT2D eigenvalue weighted by Gasteiger charge is -2.42. The third kappa shape index (κ3) is 5.55. The highest BCUT2D eigenvalue weighted by Gasteiger charge is 2.57. The van der Waals surface area contributed by atoms with Crippen LogP contribution in [0.15, 0.2) is 54.6 Å². The summed E-state index contributed by atoms with van der Waals surface area (Å²) in [6.45, 7) is 4.90. The molecule has 2 aliphatic heterocycles. The molecule has 4 rings (SSSR count). The molecule has 0 radical (unpaired) electrons. The lowest BCUT2D eigenvalue weighted by Crippen LogP contribution is -2.57. The smallest absolute Gasteiger partial charge is 0.327 e. The molecule has 0 unspecified atom stereocenters. The van der Waals surface area contributed by atoms with Crippen LogP contribution in [0.5, 0.6) is 0 Å². The highest BCUT2D eigenvalue weighted by Crippen LogP contribution is 2.37. The van der Waals surface area contributed by atoms with Crippen molar-refractivity contribution in [3.05, 3.63) is 65.7 Å². The number of amides is 4. The van der Waals surface area contributed by atoms with Crippen molar-refractivity contribution in [3.8, 4) is 0 Å². The SMILES string of the molecule is COCCN1C(=O)N(CCc2ccccc2)C(=O)C12CCN(Cc1ccc(NC(C)=O)cc1)CC2. The maximum Gasteiger partial charge on any atom is 0.327 e. The summed E-state index contributed by atoms with van der Waals surface area (Å²) < 4.78 is 5.26. The van der Waals surface area contributed by atoms with E-state index in [2.05, 4.69) is 10.2 Å². The molecular formula is C27H34N4O4. The number of nitrogens with zero attached hydrogens (tertiary/aromatic N) is 3. The van der Waals surface area contributed by atoms with Gasteiger partial charge in [-0.15, -0.1) is 0 Å². The molecule has 186 valence electrons. The number of ether oxygens (including phenoxy) is 1. The summed E-state index contributed by atoms with van der Waals surface area (Å²) >= 11 is 0. The number of nitrogens with one attached hydrogen (secondary N) is 1.